The fourth-order valence-corrected chi connectivity index (χ4v) is 6.33. The standard InChI is InChI=1S/C32H32N4O4/c1-38-24-8-9-28-26(15-24)27-16-29-25-17-31(39-2)32(14-22(25)10-13-34(29)18-30(27)35(28)20-37)40-19-21-4-6-23(7-5-21)36-12-3-11-33-36/h3-9,11-12,14-15,17,29,37H,10,13,16,18-20H2,1-2H3. The van der Waals surface area contributed by atoms with Gasteiger partial charge in [-0.05, 0) is 83.6 Å². The van der Waals surface area contributed by atoms with Gasteiger partial charge in [0.2, 0.25) is 0 Å². The maximum absolute atomic E-state index is 10.2. The van der Waals surface area contributed by atoms with E-state index in [1.54, 1.807) is 20.4 Å². The summed E-state index contributed by atoms with van der Waals surface area (Å²) in [5, 5.41) is 15.7. The van der Waals surface area contributed by atoms with Crippen LogP contribution in [0.1, 0.15) is 34.0 Å². The van der Waals surface area contributed by atoms with Gasteiger partial charge in [-0.15, -0.1) is 0 Å². The summed E-state index contributed by atoms with van der Waals surface area (Å²) in [7, 11) is 3.40. The minimum absolute atomic E-state index is 0.0340. The van der Waals surface area contributed by atoms with Crippen molar-refractivity contribution in [3.05, 3.63) is 101 Å². The van der Waals surface area contributed by atoms with Gasteiger partial charge in [-0.1, -0.05) is 12.1 Å². The molecule has 2 aliphatic rings. The van der Waals surface area contributed by atoms with E-state index in [9.17, 15) is 5.11 Å². The van der Waals surface area contributed by atoms with Crippen LogP contribution in [0, 0.1) is 0 Å². The number of methoxy groups -OCH3 is 2. The zero-order valence-electron chi connectivity index (χ0n) is 22.7. The Kier molecular flexibility index (Phi) is 6.21. The summed E-state index contributed by atoms with van der Waals surface area (Å²) >= 11 is 0. The van der Waals surface area contributed by atoms with Crippen molar-refractivity contribution in [3.63, 3.8) is 0 Å². The molecule has 2 aromatic heterocycles. The highest BCUT2D eigenvalue weighted by Crippen LogP contribution is 2.45. The van der Waals surface area contributed by atoms with Gasteiger partial charge in [-0.25, -0.2) is 4.68 Å². The van der Waals surface area contributed by atoms with Crippen LogP contribution in [0.5, 0.6) is 17.2 Å². The molecular weight excluding hydrogens is 504 g/mol. The molecule has 2 aliphatic heterocycles. The molecule has 0 spiro atoms. The molecule has 0 saturated heterocycles. The van der Waals surface area contributed by atoms with Crippen LogP contribution in [0.4, 0.5) is 0 Å². The molecule has 0 aliphatic carbocycles. The van der Waals surface area contributed by atoms with E-state index in [1.807, 2.05) is 45.8 Å². The van der Waals surface area contributed by atoms with E-state index in [0.29, 0.717) is 6.61 Å². The van der Waals surface area contributed by atoms with E-state index >= 15 is 0 Å². The van der Waals surface area contributed by atoms with Crippen molar-refractivity contribution in [2.24, 2.45) is 0 Å². The molecule has 7 rings (SSSR count). The van der Waals surface area contributed by atoms with E-state index in [2.05, 4.69) is 40.3 Å². The average molecular weight is 537 g/mol. The monoisotopic (exact) mass is 536 g/mol. The van der Waals surface area contributed by atoms with Crippen molar-refractivity contribution in [1.82, 2.24) is 19.2 Å². The summed E-state index contributed by atoms with van der Waals surface area (Å²) in [6, 6.07) is 20.8. The maximum atomic E-state index is 10.2. The van der Waals surface area contributed by atoms with Gasteiger partial charge in [-0.2, -0.15) is 5.10 Å². The molecule has 0 bridgehead atoms. The second kappa shape index (κ2) is 10.0. The van der Waals surface area contributed by atoms with E-state index in [1.165, 1.54) is 22.4 Å². The Labute approximate surface area is 232 Å². The highest BCUT2D eigenvalue weighted by atomic mass is 16.5. The van der Waals surface area contributed by atoms with Crippen molar-refractivity contribution in [2.75, 3.05) is 20.8 Å². The van der Waals surface area contributed by atoms with Crippen LogP contribution in [-0.2, 0) is 32.7 Å². The van der Waals surface area contributed by atoms with Gasteiger partial charge in [0, 0.05) is 42.6 Å². The highest BCUT2D eigenvalue weighted by molar-refractivity contribution is 5.87. The minimum atomic E-state index is -0.0340. The lowest BCUT2D eigenvalue weighted by Gasteiger charge is -2.41. The first-order valence-corrected chi connectivity index (χ1v) is 13.6. The van der Waals surface area contributed by atoms with E-state index in [0.717, 1.165) is 65.3 Å². The predicted molar refractivity (Wildman–Crippen MR) is 152 cm³/mol. The van der Waals surface area contributed by atoms with Crippen molar-refractivity contribution in [2.45, 2.75) is 38.8 Å². The Morgan fingerprint density at radius 2 is 1.88 bits per heavy atom. The molecule has 0 saturated carbocycles. The van der Waals surface area contributed by atoms with Crippen LogP contribution in [-0.4, -0.2) is 45.1 Å². The molecule has 1 atom stereocenters. The number of aromatic nitrogens is 3. The van der Waals surface area contributed by atoms with Gasteiger partial charge in [0.05, 0.1) is 25.4 Å². The number of rotatable bonds is 7. The van der Waals surface area contributed by atoms with Gasteiger partial charge in [0.25, 0.3) is 0 Å². The summed E-state index contributed by atoms with van der Waals surface area (Å²) in [6.07, 6.45) is 5.51. The molecule has 0 fully saturated rings. The Balaban J connectivity index is 1.17. The van der Waals surface area contributed by atoms with Crippen molar-refractivity contribution < 1.29 is 19.3 Å². The molecule has 3 aromatic carbocycles. The van der Waals surface area contributed by atoms with Crippen LogP contribution in [0.3, 0.4) is 0 Å². The minimum Gasteiger partial charge on any atom is -0.497 e. The van der Waals surface area contributed by atoms with E-state index < -0.39 is 0 Å². The van der Waals surface area contributed by atoms with Crippen LogP contribution >= 0.6 is 0 Å². The van der Waals surface area contributed by atoms with Gasteiger partial charge in [0.1, 0.15) is 19.1 Å². The second-order valence-corrected chi connectivity index (χ2v) is 10.4. The molecule has 1 unspecified atom stereocenters. The summed E-state index contributed by atoms with van der Waals surface area (Å²) < 4.78 is 21.5. The van der Waals surface area contributed by atoms with Gasteiger partial charge < -0.3 is 23.9 Å². The number of nitrogens with zero attached hydrogens (tertiary/aromatic N) is 4. The predicted octanol–water partition coefficient (Wildman–Crippen LogP) is 5.03. The molecule has 1 N–H and O–H groups in total. The molecule has 40 heavy (non-hydrogen) atoms. The molecule has 8 heteroatoms. The third-order valence-corrected chi connectivity index (χ3v) is 8.38. The fourth-order valence-electron chi connectivity index (χ4n) is 6.33. The number of fused-ring (bicyclic) bond motifs is 6. The zero-order chi connectivity index (χ0) is 27.2. The van der Waals surface area contributed by atoms with Crippen molar-refractivity contribution in [1.29, 1.82) is 0 Å². The summed E-state index contributed by atoms with van der Waals surface area (Å²) in [4.78, 5) is 2.52. The Hall–Kier alpha value is -4.27. The first-order chi connectivity index (χ1) is 19.7. The number of hydrogen-bond donors (Lipinski definition) is 1. The number of aliphatic hydroxyl groups excluding tert-OH is 1. The zero-order valence-corrected chi connectivity index (χ0v) is 22.7. The van der Waals surface area contributed by atoms with Crippen LogP contribution < -0.4 is 14.2 Å². The summed E-state index contributed by atoms with van der Waals surface area (Å²) in [6.45, 7) is 2.17. The van der Waals surface area contributed by atoms with Crippen LogP contribution in [0.15, 0.2) is 73.1 Å². The number of hydrogen-bond acceptors (Lipinski definition) is 6. The first-order valence-electron chi connectivity index (χ1n) is 13.6. The molecule has 8 nitrogen and oxygen atoms in total. The quantitative estimate of drug-likeness (QED) is 0.315. The molecule has 204 valence electrons. The number of benzene rings is 3. The lowest BCUT2D eigenvalue weighted by Crippen LogP contribution is -2.39. The Bertz CT molecular complexity index is 1670. The fraction of sp³-hybridized carbons (Fsp3) is 0.281. The van der Waals surface area contributed by atoms with Crippen LogP contribution in [0.2, 0.25) is 0 Å². The van der Waals surface area contributed by atoms with Crippen molar-refractivity contribution >= 4 is 10.9 Å². The van der Waals surface area contributed by atoms with E-state index in [-0.39, 0.29) is 12.8 Å². The lowest BCUT2D eigenvalue weighted by atomic mass is 9.85. The third kappa shape index (κ3) is 4.11. The summed E-state index contributed by atoms with van der Waals surface area (Å²) in [5.74, 6) is 2.35. The molecular formula is C32H32N4O4. The van der Waals surface area contributed by atoms with Gasteiger partial charge >= 0.3 is 0 Å². The largest absolute Gasteiger partial charge is 0.497 e. The first kappa shape index (κ1) is 24.7. The lowest BCUT2D eigenvalue weighted by molar-refractivity contribution is 0.145. The molecule has 0 radical (unpaired) electrons. The number of aliphatic hydroxyl groups is 1. The Morgan fingerprint density at radius 3 is 2.62 bits per heavy atom. The second-order valence-electron chi connectivity index (χ2n) is 10.4. The van der Waals surface area contributed by atoms with E-state index in [4.69, 9.17) is 14.2 Å². The number of ether oxygens (including phenoxy) is 3. The smallest absolute Gasteiger partial charge is 0.161 e. The van der Waals surface area contributed by atoms with Crippen molar-refractivity contribution in [3.8, 4) is 22.9 Å². The average Bonchev–Trinajstić information content (AvgIpc) is 3.65. The van der Waals surface area contributed by atoms with Crippen LogP contribution in [0.25, 0.3) is 16.6 Å². The Morgan fingerprint density at radius 1 is 1.00 bits per heavy atom. The third-order valence-electron chi connectivity index (χ3n) is 8.38. The highest BCUT2D eigenvalue weighted by Gasteiger charge is 2.36. The summed E-state index contributed by atoms with van der Waals surface area (Å²) in [5.41, 5.74) is 8.21. The normalized spacial score (nSPS) is 16.3. The SMILES string of the molecule is COc1ccc2c(c1)c1c(n2CO)CN2CCc3cc(OCc4ccc(-n5cccn5)cc4)c(OC)cc3C2C1. The van der Waals surface area contributed by atoms with Gasteiger partial charge in [0.15, 0.2) is 11.5 Å². The maximum Gasteiger partial charge on any atom is 0.161 e. The topological polar surface area (TPSA) is 73.9 Å². The molecule has 4 heterocycles. The molecule has 0 amide bonds. The van der Waals surface area contributed by atoms with Gasteiger partial charge in [-0.3, -0.25) is 4.90 Å². The molecule has 5 aromatic rings.